The quantitative estimate of drug-likeness (QED) is 0.920. The van der Waals surface area contributed by atoms with Crippen LogP contribution < -0.4 is 5.73 Å². The van der Waals surface area contributed by atoms with Gasteiger partial charge in [0.2, 0.25) is 0 Å². The van der Waals surface area contributed by atoms with E-state index in [2.05, 4.69) is 41.5 Å². The third kappa shape index (κ3) is 2.79. The minimum absolute atomic E-state index is 0.435. The van der Waals surface area contributed by atoms with Crippen LogP contribution in [0.2, 0.25) is 0 Å². The summed E-state index contributed by atoms with van der Waals surface area (Å²) in [6.07, 6.45) is 6.94. The number of anilines is 1. The Bertz CT molecular complexity index is 551. The lowest BCUT2D eigenvalue weighted by Crippen LogP contribution is -2.03. The summed E-state index contributed by atoms with van der Waals surface area (Å²) in [5, 5.41) is 2.53. The zero-order valence-corrected chi connectivity index (χ0v) is 11.7. The molecule has 0 bridgehead atoms. The van der Waals surface area contributed by atoms with E-state index in [1.165, 1.54) is 11.3 Å². The first-order chi connectivity index (χ1) is 8.60. The molecule has 2 aromatic heterocycles. The van der Waals surface area contributed by atoms with Gasteiger partial charge in [0.1, 0.15) is 5.82 Å². The van der Waals surface area contributed by atoms with E-state index in [-0.39, 0.29) is 0 Å². The van der Waals surface area contributed by atoms with Crippen LogP contribution in [0.3, 0.4) is 0 Å². The second-order valence-electron chi connectivity index (χ2n) is 4.38. The minimum Gasteiger partial charge on any atom is -0.375 e. The van der Waals surface area contributed by atoms with Gasteiger partial charge in [-0.1, -0.05) is 6.92 Å². The number of hydrogen-bond donors (Lipinski definition) is 1. The van der Waals surface area contributed by atoms with E-state index >= 15 is 0 Å². The number of nitrogens with two attached hydrogens (primary N) is 1. The second-order valence-corrected chi connectivity index (χ2v) is 5.27. The molecule has 0 aromatic carbocycles. The van der Waals surface area contributed by atoms with E-state index in [1.807, 2.05) is 17.5 Å². The fourth-order valence-corrected chi connectivity index (χ4v) is 2.32. The SMILES string of the molecule is CCc1nc(/C=C/c2csc(N)n2)cn1C(C)C. The van der Waals surface area contributed by atoms with Crippen LogP contribution in [0.4, 0.5) is 5.13 Å². The normalized spacial score (nSPS) is 11.8. The van der Waals surface area contributed by atoms with Gasteiger partial charge >= 0.3 is 0 Å². The molecule has 2 aromatic rings. The van der Waals surface area contributed by atoms with Gasteiger partial charge in [-0.15, -0.1) is 11.3 Å². The Morgan fingerprint density at radius 2 is 2.06 bits per heavy atom. The smallest absolute Gasteiger partial charge is 0.180 e. The van der Waals surface area contributed by atoms with Gasteiger partial charge in [-0.05, 0) is 26.0 Å². The van der Waals surface area contributed by atoms with E-state index in [1.54, 1.807) is 0 Å². The Hall–Kier alpha value is -1.62. The van der Waals surface area contributed by atoms with E-state index in [0.717, 1.165) is 23.6 Å². The summed E-state index contributed by atoms with van der Waals surface area (Å²) in [6.45, 7) is 6.45. The van der Waals surface area contributed by atoms with E-state index in [0.29, 0.717) is 11.2 Å². The number of rotatable bonds is 4. The molecule has 2 N–H and O–H groups in total. The monoisotopic (exact) mass is 262 g/mol. The second kappa shape index (κ2) is 5.35. The summed E-state index contributed by atoms with van der Waals surface area (Å²) in [5.41, 5.74) is 7.44. The largest absolute Gasteiger partial charge is 0.375 e. The summed E-state index contributed by atoms with van der Waals surface area (Å²) in [7, 11) is 0. The average Bonchev–Trinajstić information content (AvgIpc) is 2.92. The molecule has 0 saturated heterocycles. The first-order valence-electron chi connectivity index (χ1n) is 6.07. The molecular weight excluding hydrogens is 244 g/mol. The fourth-order valence-electron chi connectivity index (χ4n) is 1.79. The Morgan fingerprint density at radius 1 is 1.33 bits per heavy atom. The average molecular weight is 262 g/mol. The van der Waals surface area contributed by atoms with Gasteiger partial charge in [0.05, 0.1) is 11.4 Å². The topological polar surface area (TPSA) is 56.7 Å². The molecule has 4 nitrogen and oxygen atoms in total. The van der Waals surface area contributed by atoms with Gasteiger partial charge in [0.25, 0.3) is 0 Å². The molecular formula is C13H18N4S. The Kier molecular flexibility index (Phi) is 3.81. The van der Waals surface area contributed by atoms with Crippen molar-refractivity contribution in [3.8, 4) is 0 Å². The van der Waals surface area contributed by atoms with Gasteiger partial charge in [-0.3, -0.25) is 0 Å². The van der Waals surface area contributed by atoms with Crippen molar-refractivity contribution in [2.24, 2.45) is 0 Å². The first-order valence-corrected chi connectivity index (χ1v) is 6.95. The number of imidazole rings is 1. The molecule has 96 valence electrons. The first kappa shape index (κ1) is 12.8. The third-order valence-corrected chi connectivity index (χ3v) is 3.36. The number of thiazole rings is 1. The van der Waals surface area contributed by atoms with Crippen molar-refractivity contribution in [3.63, 3.8) is 0 Å². The van der Waals surface area contributed by atoms with Crippen molar-refractivity contribution in [3.05, 3.63) is 28.8 Å². The minimum atomic E-state index is 0.435. The van der Waals surface area contributed by atoms with Crippen molar-refractivity contribution >= 4 is 28.6 Å². The molecule has 2 heterocycles. The van der Waals surface area contributed by atoms with Crippen LogP contribution in [-0.4, -0.2) is 14.5 Å². The highest BCUT2D eigenvalue weighted by molar-refractivity contribution is 7.13. The number of aryl methyl sites for hydroxylation is 1. The van der Waals surface area contributed by atoms with Gasteiger partial charge in [0.15, 0.2) is 5.13 Å². The lowest BCUT2D eigenvalue weighted by atomic mass is 10.3. The van der Waals surface area contributed by atoms with Crippen LogP contribution in [0.5, 0.6) is 0 Å². The Morgan fingerprint density at radius 3 is 2.56 bits per heavy atom. The predicted molar refractivity (Wildman–Crippen MR) is 77.4 cm³/mol. The van der Waals surface area contributed by atoms with E-state index < -0.39 is 0 Å². The third-order valence-electron chi connectivity index (χ3n) is 2.66. The summed E-state index contributed by atoms with van der Waals surface area (Å²) < 4.78 is 2.20. The van der Waals surface area contributed by atoms with Crippen LogP contribution >= 0.6 is 11.3 Å². The maximum Gasteiger partial charge on any atom is 0.180 e. The van der Waals surface area contributed by atoms with Crippen molar-refractivity contribution in [1.82, 2.24) is 14.5 Å². The summed E-state index contributed by atoms with van der Waals surface area (Å²) in [6, 6.07) is 0.435. The highest BCUT2D eigenvalue weighted by Crippen LogP contribution is 2.16. The number of nitrogens with zero attached hydrogens (tertiary/aromatic N) is 3. The molecule has 0 amide bonds. The highest BCUT2D eigenvalue weighted by Gasteiger charge is 2.07. The van der Waals surface area contributed by atoms with Gasteiger partial charge in [-0.2, -0.15) is 0 Å². The zero-order valence-electron chi connectivity index (χ0n) is 10.9. The van der Waals surface area contributed by atoms with Crippen LogP contribution in [-0.2, 0) is 6.42 Å². The summed E-state index contributed by atoms with van der Waals surface area (Å²) in [4.78, 5) is 8.78. The zero-order chi connectivity index (χ0) is 13.1. The number of nitrogen functional groups attached to an aromatic ring is 1. The van der Waals surface area contributed by atoms with E-state index in [9.17, 15) is 0 Å². The summed E-state index contributed by atoms with van der Waals surface area (Å²) in [5.74, 6) is 1.11. The lowest BCUT2D eigenvalue weighted by molar-refractivity contribution is 0.571. The molecule has 0 unspecified atom stereocenters. The van der Waals surface area contributed by atoms with Crippen molar-refractivity contribution in [2.45, 2.75) is 33.2 Å². The van der Waals surface area contributed by atoms with Crippen molar-refractivity contribution in [2.75, 3.05) is 5.73 Å². The van der Waals surface area contributed by atoms with Gasteiger partial charge < -0.3 is 10.3 Å². The fraction of sp³-hybridized carbons (Fsp3) is 0.385. The highest BCUT2D eigenvalue weighted by atomic mass is 32.1. The lowest BCUT2D eigenvalue weighted by Gasteiger charge is -2.08. The Balaban J connectivity index is 2.21. The van der Waals surface area contributed by atoms with Crippen molar-refractivity contribution < 1.29 is 0 Å². The number of hydrogen-bond acceptors (Lipinski definition) is 4. The molecule has 0 aliphatic heterocycles. The maximum absolute atomic E-state index is 5.59. The molecule has 0 aliphatic rings. The number of aromatic nitrogens is 3. The molecule has 0 radical (unpaired) electrons. The van der Waals surface area contributed by atoms with Crippen LogP contribution in [0.25, 0.3) is 12.2 Å². The molecule has 0 aliphatic carbocycles. The molecule has 0 atom stereocenters. The predicted octanol–water partition coefficient (Wildman–Crippen LogP) is 3.24. The molecule has 2 rings (SSSR count). The molecule has 0 saturated carbocycles. The molecule has 5 heteroatoms. The molecule has 0 spiro atoms. The maximum atomic E-state index is 5.59. The molecule has 18 heavy (non-hydrogen) atoms. The van der Waals surface area contributed by atoms with Crippen molar-refractivity contribution in [1.29, 1.82) is 0 Å². The van der Waals surface area contributed by atoms with Crippen LogP contribution in [0.1, 0.15) is 44.0 Å². The standard InChI is InChI=1S/C13H18N4S/c1-4-12-15-10(7-17(12)9(2)3)5-6-11-8-18-13(14)16-11/h5-9H,4H2,1-3H3,(H2,14,16)/b6-5+. The molecule has 0 fully saturated rings. The van der Waals surface area contributed by atoms with Gasteiger partial charge in [-0.25, -0.2) is 9.97 Å². The summed E-state index contributed by atoms with van der Waals surface area (Å²) >= 11 is 1.45. The van der Waals surface area contributed by atoms with Crippen LogP contribution in [0.15, 0.2) is 11.6 Å². The van der Waals surface area contributed by atoms with E-state index in [4.69, 9.17) is 5.73 Å². The van der Waals surface area contributed by atoms with Crippen LogP contribution in [0, 0.1) is 0 Å². The van der Waals surface area contributed by atoms with Gasteiger partial charge in [0, 0.05) is 24.0 Å². The Labute approximate surface area is 111 Å².